The second-order valence-electron chi connectivity index (χ2n) is 4.41. The molecule has 1 aromatic carbocycles. The molecule has 0 aliphatic heterocycles. The molecule has 0 saturated carbocycles. The van der Waals surface area contributed by atoms with Crippen LogP contribution in [-0.2, 0) is 14.3 Å². The van der Waals surface area contributed by atoms with Crippen LogP contribution in [0.4, 0.5) is 0 Å². The first-order valence-corrected chi connectivity index (χ1v) is 6.30. The average Bonchev–Trinajstić information content (AvgIpc) is 2.39. The van der Waals surface area contributed by atoms with Crippen molar-refractivity contribution in [2.24, 2.45) is 0 Å². The highest BCUT2D eigenvalue weighted by atomic mass is 16.5. The van der Waals surface area contributed by atoms with E-state index in [1.54, 1.807) is 38.4 Å². The number of carboxylic acids is 1. The molecule has 1 unspecified atom stereocenters. The lowest BCUT2D eigenvalue weighted by molar-refractivity contribution is -0.143. The molecule has 0 radical (unpaired) electrons. The topological polar surface area (TPSA) is 78.9 Å². The Hall–Kier alpha value is -1.92. The van der Waals surface area contributed by atoms with Crippen LogP contribution in [-0.4, -0.2) is 55.7 Å². The molecule has 0 saturated heterocycles. The van der Waals surface area contributed by atoms with E-state index >= 15 is 0 Å². The fraction of sp³-hybridized carbons (Fsp3) is 0.429. The molecule has 0 aliphatic rings. The van der Waals surface area contributed by atoms with Crippen LogP contribution in [0.25, 0.3) is 0 Å². The summed E-state index contributed by atoms with van der Waals surface area (Å²) in [5, 5.41) is 12.0. The number of carbonyl (C=O) groups is 2. The summed E-state index contributed by atoms with van der Waals surface area (Å²) in [5.41, 5.74) is 0.646. The molecule has 0 aliphatic carbocycles. The minimum atomic E-state index is -0.983. The Morgan fingerprint density at radius 1 is 1.35 bits per heavy atom. The predicted molar refractivity (Wildman–Crippen MR) is 74.3 cm³/mol. The van der Waals surface area contributed by atoms with Crippen molar-refractivity contribution in [1.29, 1.82) is 0 Å². The van der Waals surface area contributed by atoms with Crippen LogP contribution < -0.4 is 5.32 Å². The molecule has 20 heavy (non-hydrogen) atoms. The van der Waals surface area contributed by atoms with E-state index in [-0.39, 0.29) is 12.5 Å². The lowest BCUT2D eigenvalue weighted by Crippen LogP contribution is -2.40. The van der Waals surface area contributed by atoms with Crippen LogP contribution in [0.2, 0.25) is 0 Å². The molecule has 0 aromatic heterocycles. The monoisotopic (exact) mass is 280 g/mol. The number of methoxy groups -OCH3 is 1. The summed E-state index contributed by atoms with van der Waals surface area (Å²) in [7, 11) is 3.16. The zero-order valence-electron chi connectivity index (χ0n) is 11.7. The first-order valence-electron chi connectivity index (χ1n) is 6.30. The number of aliphatic carboxylic acids is 1. The highest BCUT2D eigenvalue weighted by Gasteiger charge is 2.25. The van der Waals surface area contributed by atoms with Crippen LogP contribution in [0.15, 0.2) is 30.3 Å². The van der Waals surface area contributed by atoms with Gasteiger partial charge in [0.1, 0.15) is 6.04 Å². The molecule has 110 valence electrons. The number of benzene rings is 1. The van der Waals surface area contributed by atoms with Gasteiger partial charge in [-0.25, -0.2) is 0 Å². The van der Waals surface area contributed by atoms with Crippen LogP contribution >= 0.6 is 0 Å². The first-order chi connectivity index (χ1) is 9.56. The Labute approximate surface area is 118 Å². The minimum Gasteiger partial charge on any atom is -0.480 e. The molecule has 0 heterocycles. The van der Waals surface area contributed by atoms with Gasteiger partial charge in [-0.1, -0.05) is 30.3 Å². The number of nitrogens with zero attached hydrogens (tertiary/aromatic N) is 1. The van der Waals surface area contributed by atoms with Crippen molar-refractivity contribution in [3.05, 3.63) is 35.9 Å². The SMILES string of the molecule is COCCNC(=O)CN(C)C(C(=O)O)c1ccccc1. The molecule has 1 rings (SSSR count). The summed E-state index contributed by atoms with van der Waals surface area (Å²) in [4.78, 5) is 24.6. The van der Waals surface area contributed by atoms with Crippen molar-refractivity contribution in [2.45, 2.75) is 6.04 Å². The quantitative estimate of drug-likeness (QED) is 0.678. The van der Waals surface area contributed by atoms with Crippen molar-refractivity contribution < 1.29 is 19.4 Å². The number of carbonyl (C=O) groups excluding carboxylic acids is 1. The van der Waals surface area contributed by atoms with Crippen LogP contribution in [0, 0.1) is 0 Å². The van der Waals surface area contributed by atoms with Crippen molar-refractivity contribution in [1.82, 2.24) is 10.2 Å². The molecule has 1 amide bonds. The third-order valence-electron chi connectivity index (χ3n) is 2.81. The van der Waals surface area contributed by atoms with Crippen molar-refractivity contribution in [3.63, 3.8) is 0 Å². The fourth-order valence-corrected chi connectivity index (χ4v) is 1.89. The maximum absolute atomic E-state index is 11.7. The van der Waals surface area contributed by atoms with Crippen molar-refractivity contribution >= 4 is 11.9 Å². The molecule has 0 fully saturated rings. The van der Waals surface area contributed by atoms with Gasteiger partial charge in [-0.15, -0.1) is 0 Å². The van der Waals surface area contributed by atoms with Gasteiger partial charge in [0.2, 0.25) is 5.91 Å². The lowest BCUT2D eigenvalue weighted by atomic mass is 10.1. The predicted octanol–water partition coefficient (Wildman–Crippen LogP) is 0.507. The average molecular weight is 280 g/mol. The number of ether oxygens (including phenoxy) is 1. The molecule has 6 nitrogen and oxygen atoms in total. The van der Waals surface area contributed by atoms with Gasteiger partial charge in [-0.2, -0.15) is 0 Å². The van der Waals surface area contributed by atoms with Crippen LogP contribution in [0.1, 0.15) is 11.6 Å². The number of rotatable bonds is 8. The normalized spacial score (nSPS) is 12.2. The number of carboxylic acid groups (broad SMARTS) is 1. The highest BCUT2D eigenvalue weighted by Crippen LogP contribution is 2.18. The summed E-state index contributed by atoms with van der Waals surface area (Å²) >= 11 is 0. The number of hydrogen-bond acceptors (Lipinski definition) is 4. The van der Waals surface area contributed by atoms with E-state index in [2.05, 4.69) is 5.32 Å². The third kappa shape index (κ3) is 4.99. The molecular formula is C14H20N2O4. The van der Waals surface area contributed by atoms with E-state index in [1.165, 1.54) is 4.90 Å². The van der Waals surface area contributed by atoms with E-state index < -0.39 is 12.0 Å². The van der Waals surface area contributed by atoms with Gasteiger partial charge in [-0.3, -0.25) is 14.5 Å². The molecule has 2 N–H and O–H groups in total. The maximum Gasteiger partial charge on any atom is 0.325 e. The summed E-state index contributed by atoms with van der Waals surface area (Å²) in [6.07, 6.45) is 0. The highest BCUT2D eigenvalue weighted by molar-refractivity contribution is 5.80. The van der Waals surface area contributed by atoms with E-state index in [0.717, 1.165) is 0 Å². The summed E-state index contributed by atoms with van der Waals surface area (Å²) in [6, 6.07) is 8.00. The zero-order chi connectivity index (χ0) is 15.0. The largest absolute Gasteiger partial charge is 0.480 e. The molecular weight excluding hydrogens is 260 g/mol. The smallest absolute Gasteiger partial charge is 0.325 e. The van der Waals surface area contributed by atoms with Crippen LogP contribution in [0.5, 0.6) is 0 Å². The number of amides is 1. The molecule has 1 atom stereocenters. The number of likely N-dealkylation sites (N-methyl/N-ethyl adjacent to an activating group) is 1. The molecule has 1 aromatic rings. The van der Waals surface area contributed by atoms with Gasteiger partial charge in [-0.05, 0) is 12.6 Å². The van der Waals surface area contributed by atoms with E-state index in [0.29, 0.717) is 18.7 Å². The van der Waals surface area contributed by atoms with Gasteiger partial charge < -0.3 is 15.2 Å². The Morgan fingerprint density at radius 2 is 2.00 bits per heavy atom. The Bertz CT molecular complexity index is 436. The Kier molecular flexibility index (Phi) is 6.69. The Morgan fingerprint density at radius 3 is 2.55 bits per heavy atom. The Balaban J connectivity index is 2.64. The number of hydrogen-bond donors (Lipinski definition) is 2. The summed E-state index contributed by atoms with van der Waals surface area (Å²) < 4.78 is 4.83. The maximum atomic E-state index is 11.7. The second-order valence-corrected chi connectivity index (χ2v) is 4.41. The second kappa shape index (κ2) is 8.29. The van der Waals surface area contributed by atoms with E-state index in [4.69, 9.17) is 4.74 Å². The standard InChI is InChI=1S/C14H20N2O4/c1-16(10-12(17)15-8-9-20-2)13(14(18)19)11-6-4-3-5-7-11/h3-7,13H,8-10H2,1-2H3,(H,15,17)(H,18,19). The van der Waals surface area contributed by atoms with Gasteiger partial charge in [0.15, 0.2) is 0 Å². The molecule has 0 spiro atoms. The zero-order valence-corrected chi connectivity index (χ0v) is 11.7. The molecule has 6 heteroatoms. The fourth-order valence-electron chi connectivity index (χ4n) is 1.89. The minimum absolute atomic E-state index is 0.00950. The van der Waals surface area contributed by atoms with Crippen molar-refractivity contribution in [2.75, 3.05) is 33.9 Å². The van der Waals surface area contributed by atoms with E-state index in [9.17, 15) is 14.7 Å². The lowest BCUT2D eigenvalue weighted by Gasteiger charge is -2.24. The summed E-state index contributed by atoms with van der Waals surface area (Å²) in [6.45, 7) is 0.846. The van der Waals surface area contributed by atoms with Gasteiger partial charge in [0, 0.05) is 13.7 Å². The van der Waals surface area contributed by atoms with Gasteiger partial charge in [0.05, 0.1) is 13.2 Å². The third-order valence-corrected chi connectivity index (χ3v) is 2.81. The molecule has 0 bridgehead atoms. The van der Waals surface area contributed by atoms with Gasteiger partial charge in [0.25, 0.3) is 0 Å². The summed E-state index contributed by atoms with van der Waals surface area (Å²) in [5.74, 6) is -1.21. The van der Waals surface area contributed by atoms with E-state index in [1.807, 2.05) is 6.07 Å². The van der Waals surface area contributed by atoms with Gasteiger partial charge >= 0.3 is 5.97 Å². The number of nitrogens with one attached hydrogen (secondary N) is 1. The first kappa shape index (κ1) is 16.1. The van der Waals surface area contributed by atoms with Crippen molar-refractivity contribution in [3.8, 4) is 0 Å². The van der Waals surface area contributed by atoms with Crippen LogP contribution in [0.3, 0.4) is 0 Å².